The number of nitrogens with one attached hydrogen (secondary N) is 1. The minimum absolute atomic E-state index is 0.00650. The zero-order chi connectivity index (χ0) is 19.1. The number of urea groups is 1. The van der Waals surface area contributed by atoms with Crippen LogP contribution in [-0.4, -0.2) is 55.4 Å². The van der Waals surface area contributed by atoms with Crippen molar-refractivity contribution in [1.82, 2.24) is 10.2 Å². The fourth-order valence-corrected chi connectivity index (χ4v) is 3.17. The minimum Gasteiger partial charge on any atom is -0.469 e. The number of hydrogen-bond donors (Lipinski definition) is 2. The van der Waals surface area contributed by atoms with E-state index in [1.807, 2.05) is 36.4 Å². The highest BCUT2D eigenvalue weighted by atomic mass is 16.3. The van der Waals surface area contributed by atoms with Gasteiger partial charge in [0.05, 0.1) is 17.9 Å². The first-order chi connectivity index (χ1) is 13.2. The molecule has 0 bridgehead atoms. The molecule has 2 heterocycles. The van der Waals surface area contributed by atoms with Gasteiger partial charge in [0.15, 0.2) is 0 Å². The third-order valence-electron chi connectivity index (χ3n) is 4.80. The van der Waals surface area contributed by atoms with Crippen LogP contribution in [0, 0.1) is 17.2 Å². The number of benzene rings is 1. The molecule has 0 aliphatic carbocycles. The maximum Gasteiger partial charge on any atom is 0.317 e. The van der Waals surface area contributed by atoms with Crippen molar-refractivity contribution in [2.45, 2.75) is 6.42 Å². The molecule has 1 aliphatic heterocycles. The number of aliphatic hydroxyl groups excluding tert-OH is 1. The molecule has 0 spiro atoms. The number of furan rings is 1. The molecule has 1 fully saturated rings. The van der Waals surface area contributed by atoms with E-state index in [1.54, 1.807) is 11.2 Å². The summed E-state index contributed by atoms with van der Waals surface area (Å²) in [5.74, 6) is 0.736. The quantitative estimate of drug-likeness (QED) is 0.812. The second-order valence-electron chi connectivity index (χ2n) is 6.65. The van der Waals surface area contributed by atoms with Crippen LogP contribution < -0.4 is 10.2 Å². The molecular weight excluding hydrogens is 344 g/mol. The van der Waals surface area contributed by atoms with E-state index in [4.69, 9.17) is 9.68 Å². The fourth-order valence-electron chi connectivity index (χ4n) is 3.17. The van der Waals surface area contributed by atoms with Crippen LogP contribution in [0.5, 0.6) is 0 Å². The van der Waals surface area contributed by atoms with Crippen molar-refractivity contribution in [3.8, 4) is 6.07 Å². The summed E-state index contributed by atoms with van der Waals surface area (Å²) in [5.41, 5.74) is 1.71. The molecule has 1 aromatic heterocycles. The lowest BCUT2D eigenvalue weighted by Crippen LogP contribution is -2.52. The lowest BCUT2D eigenvalue weighted by molar-refractivity contribution is 0.183. The van der Waals surface area contributed by atoms with Crippen LogP contribution in [-0.2, 0) is 6.42 Å². The fraction of sp³-hybridized carbons (Fsp3) is 0.400. The highest BCUT2D eigenvalue weighted by Gasteiger charge is 2.22. The summed E-state index contributed by atoms with van der Waals surface area (Å²) in [7, 11) is 0. The average Bonchev–Trinajstić information content (AvgIpc) is 3.24. The normalized spacial score (nSPS) is 15.3. The van der Waals surface area contributed by atoms with E-state index in [-0.39, 0.29) is 18.6 Å². The lowest BCUT2D eigenvalue weighted by atomic mass is 10.1. The van der Waals surface area contributed by atoms with Crippen LogP contribution in [0.2, 0.25) is 0 Å². The molecule has 2 amide bonds. The molecule has 1 unspecified atom stereocenters. The van der Waals surface area contributed by atoms with Gasteiger partial charge >= 0.3 is 6.03 Å². The van der Waals surface area contributed by atoms with Crippen molar-refractivity contribution in [3.63, 3.8) is 0 Å². The van der Waals surface area contributed by atoms with Crippen molar-refractivity contribution in [3.05, 3.63) is 54.0 Å². The summed E-state index contributed by atoms with van der Waals surface area (Å²) < 4.78 is 5.30. The van der Waals surface area contributed by atoms with E-state index in [0.717, 1.165) is 24.5 Å². The lowest BCUT2D eigenvalue weighted by Gasteiger charge is -2.36. The Labute approximate surface area is 158 Å². The molecule has 1 atom stereocenters. The van der Waals surface area contributed by atoms with Crippen LogP contribution in [0.4, 0.5) is 10.5 Å². The van der Waals surface area contributed by atoms with Gasteiger partial charge in [-0.05, 0) is 36.4 Å². The van der Waals surface area contributed by atoms with Gasteiger partial charge in [0.1, 0.15) is 5.76 Å². The number of aliphatic hydroxyl groups is 1. The van der Waals surface area contributed by atoms with Crippen molar-refractivity contribution in [2.24, 2.45) is 5.92 Å². The van der Waals surface area contributed by atoms with Gasteiger partial charge in [-0.25, -0.2) is 4.79 Å². The van der Waals surface area contributed by atoms with Crippen LogP contribution >= 0.6 is 0 Å². The third-order valence-corrected chi connectivity index (χ3v) is 4.80. The Morgan fingerprint density at radius 1 is 1.22 bits per heavy atom. The Morgan fingerprint density at radius 3 is 2.56 bits per heavy atom. The molecule has 2 N–H and O–H groups in total. The van der Waals surface area contributed by atoms with Gasteiger partial charge in [-0.1, -0.05) is 0 Å². The zero-order valence-corrected chi connectivity index (χ0v) is 15.2. The van der Waals surface area contributed by atoms with Gasteiger partial charge in [-0.2, -0.15) is 5.26 Å². The molecule has 0 radical (unpaired) electrons. The summed E-state index contributed by atoms with van der Waals surface area (Å²) >= 11 is 0. The summed E-state index contributed by atoms with van der Waals surface area (Å²) in [6.07, 6.45) is 2.20. The monoisotopic (exact) mass is 368 g/mol. The molecule has 2 aromatic rings. The number of amides is 2. The van der Waals surface area contributed by atoms with E-state index < -0.39 is 0 Å². The maximum atomic E-state index is 12.4. The molecule has 7 heteroatoms. The van der Waals surface area contributed by atoms with Gasteiger partial charge < -0.3 is 24.6 Å². The number of carbonyl (C=O) groups excluding carboxylic acids is 1. The van der Waals surface area contributed by atoms with Crippen molar-refractivity contribution in [1.29, 1.82) is 5.26 Å². The van der Waals surface area contributed by atoms with E-state index in [0.29, 0.717) is 31.6 Å². The van der Waals surface area contributed by atoms with Crippen LogP contribution in [0.15, 0.2) is 47.1 Å². The van der Waals surface area contributed by atoms with Gasteiger partial charge in [-0.3, -0.25) is 0 Å². The van der Waals surface area contributed by atoms with Crippen LogP contribution in [0.25, 0.3) is 0 Å². The summed E-state index contributed by atoms with van der Waals surface area (Å²) in [6.45, 7) is 3.16. The van der Waals surface area contributed by atoms with Crippen molar-refractivity contribution < 1.29 is 14.3 Å². The van der Waals surface area contributed by atoms with Crippen molar-refractivity contribution in [2.75, 3.05) is 44.2 Å². The molecule has 0 saturated carbocycles. The van der Waals surface area contributed by atoms with Crippen molar-refractivity contribution >= 4 is 11.7 Å². The first kappa shape index (κ1) is 18.8. The first-order valence-corrected chi connectivity index (χ1v) is 9.10. The van der Waals surface area contributed by atoms with Crippen LogP contribution in [0.1, 0.15) is 11.3 Å². The molecule has 1 aliphatic rings. The Bertz CT molecular complexity index is 760. The van der Waals surface area contributed by atoms with Gasteiger partial charge in [0.2, 0.25) is 0 Å². The highest BCUT2D eigenvalue weighted by molar-refractivity contribution is 5.74. The van der Waals surface area contributed by atoms with Gasteiger partial charge in [0.25, 0.3) is 0 Å². The number of rotatable bonds is 6. The molecule has 7 nitrogen and oxygen atoms in total. The second kappa shape index (κ2) is 9.10. The third kappa shape index (κ3) is 5.02. The SMILES string of the molecule is N#Cc1ccc(N2CCN(C(=O)NCC(CO)Cc3ccco3)CC2)cc1. The predicted octanol–water partition coefficient (Wildman–Crippen LogP) is 1.83. The average molecular weight is 368 g/mol. The standard InChI is InChI=1S/C20H24N4O3/c21-13-16-3-5-18(6-4-16)23-7-9-24(10-8-23)20(26)22-14-17(15-25)12-19-2-1-11-27-19/h1-6,11,17,25H,7-10,12,14-15H2,(H,22,26). The van der Waals surface area contributed by atoms with E-state index in [9.17, 15) is 9.90 Å². The highest BCUT2D eigenvalue weighted by Crippen LogP contribution is 2.17. The smallest absolute Gasteiger partial charge is 0.317 e. The number of hydrogen-bond acceptors (Lipinski definition) is 5. The number of nitriles is 1. The molecule has 1 aromatic carbocycles. The molecular formula is C20H24N4O3. The molecule has 142 valence electrons. The summed E-state index contributed by atoms with van der Waals surface area (Å²) in [4.78, 5) is 16.4. The zero-order valence-electron chi connectivity index (χ0n) is 15.2. The largest absolute Gasteiger partial charge is 0.469 e. The number of piperazine rings is 1. The van der Waals surface area contributed by atoms with E-state index in [1.165, 1.54) is 0 Å². The Hall–Kier alpha value is -2.98. The maximum absolute atomic E-state index is 12.4. The second-order valence-corrected chi connectivity index (χ2v) is 6.65. The molecule has 27 heavy (non-hydrogen) atoms. The minimum atomic E-state index is -0.104. The molecule has 3 rings (SSSR count). The molecule has 1 saturated heterocycles. The summed E-state index contributed by atoms with van der Waals surface area (Å²) in [6, 6.07) is 13.2. The predicted molar refractivity (Wildman–Crippen MR) is 101 cm³/mol. The summed E-state index contributed by atoms with van der Waals surface area (Å²) in [5, 5.41) is 21.3. The Morgan fingerprint density at radius 2 is 1.96 bits per heavy atom. The van der Waals surface area contributed by atoms with Gasteiger partial charge in [0, 0.05) is 57.4 Å². The number of nitrogens with zero attached hydrogens (tertiary/aromatic N) is 3. The van der Waals surface area contributed by atoms with E-state index in [2.05, 4.69) is 16.3 Å². The Kier molecular flexibility index (Phi) is 6.34. The number of carbonyl (C=O) groups is 1. The number of anilines is 1. The van der Waals surface area contributed by atoms with Gasteiger partial charge in [-0.15, -0.1) is 0 Å². The topological polar surface area (TPSA) is 92.7 Å². The van der Waals surface area contributed by atoms with Crippen LogP contribution in [0.3, 0.4) is 0 Å². The first-order valence-electron chi connectivity index (χ1n) is 9.10. The Balaban J connectivity index is 1.44. The van der Waals surface area contributed by atoms with E-state index >= 15 is 0 Å².